The van der Waals surface area contributed by atoms with Gasteiger partial charge in [0.1, 0.15) is 5.76 Å². The minimum absolute atomic E-state index is 0.619. The average Bonchev–Trinajstić information content (AvgIpc) is 3.00. The highest BCUT2D eigenvalue weighted by Crippen LogP contribution is 2.44. The van der Waals surface area contributed by atoms with Crippen LogP contribution in [-0.4, -0.2) is 24.6 Å². The van der Waals surface area contributed by atoms with E-state index in [0.29, 0.717) is 12.1 Å². The van der Waals surface area contributed by atoms with Gasteiger partial charge >= 0.3 is 0 Å². The fourth-order valence-corrected chi connectivity index (χ4v) is 4.16. The van der Waals surface area contributed by atoms with Crippen molar-refractivity contribution >= 4 is 5.96 Å². The zero-order valence-corrected chi connectivity index (χ0v) is 13.4. The van der Waals surface area contributed by atoms with Gasteiger partial charge in [-0.05, 0) is 55.6 Å². The number of rotatable bonds is 5. The smallest absolute Gasteiger partial charge is 0.191 e. The fraction of sp³-hybridized carbons (Fsp3) is 0.722. The summed E-state index contributed by atoms with van der Waals surface area (Å²) in [5, 5.41) is 7.34. The van der Waals surface area contributed by atoms with E-state index in [4.69, 9.17) is 9.41 Å². The summed E-state index contributed by atoms with van der Waals surface area (Å²) in [6.07, 6.45) is 9.49. The predicted octanol–water partition coefficient (Wildman–Crippen LogP) is 2.95. The number of hydrogen-bond acceptors (Lipinski definition) is 2. The third-order valence-corrected chi connectivity index (χ3v) is 5.70. The third-order valence-electron chi connectivity index (χ3n) is 5.70. The zero-order chi connectivity index (χ0) is 14.9. The number of hydrogen-bond donors (Lipinski definition) is 2. The number of fused-ring (bicyclic) bond motifs is 2. The van der Waals surface area contributed by atoms with Crippen LogP contribution >= 0.6 is 0 Å². The van der Waals surface area contributed by atoms with E-state index >= 15 is 0 Å². The molecule has 4 nitrogen and oxygen atoms in total. The highest BCUT2D eigenvalue weighted by atomic mass is 16.3. The van der Waals surface area contributed by atoms with Crippen molar-refractivity contribution in [2.24, 2.45) is 22.7 Å². The molecule has 4 heteroatoms. The van der Waals surface area contributed by atoms with Crippen LogP contribution in [0.2, 0.25) is 0 Å². The highest BCUT2D eigenvalue weighted by Gasteiger charge is 2.40. The number of furan rings is 1. The molecular formula is C18H27N3O. The Bertz CT molecular complexity index is 524. The van der Waals surface area contributed by atoms with Crippen molar-refractivity contribution < 1.29 is 4.42 Å². The first-order chi connectivity index (χ1) is 10.8. The van der Waals surface area contributed by atoms with E-state index in [1.54, 1.807) is 6.26 Å². The van der Waals surface area contributed by atoms with Crippen LogP contribution in [0.15, 0.2) is 27.8 Å². The fourth-order valence-electron chi connectivity index (χ4n) is 4.16. The molecule has 2 N–H and O–H groups in total. The van der Waals surface area contributed by atoms with Gasteiger partial charge in [-0.1, -0.05) is 13.3 Å². The normalized spacial score (nSPS) is 36.6. The number of guanidine groups is 1. The molecule has 5 unspecified atom stereocenters. The summed E-state index contributed by atoms with van der Waals surface area (Å²) in [7, 11) is 0. The van der Waals surface area contributed by atoms with Crippen LogP contribution in [0.5, 0.6) is 0 Å². The molecule has 2 bridgehead atoms. The van der Waals surface area contributed by atoms with Gasteiger partial charge in [0.2, 0.25) is 0 Å². The first-order valence-corrected chi connectivity index (χ1v) is 8.88. The van der Waals surface area contributed by atoms with E-state index < -0.39 is 0 Å². The van der Waals surface area contributed by atoms with Crippen molar-refractivity contribution in [3.8, 4) is 0 Å². The maximum absolute atomic E-state index is 5.39. The van der Waals surface area contributed by atoms with Gasteiger partial charge in [-0.3, -0.25) is 4.99 Å². The van der Waals surface area contributed by atoms with Crippen LogP contribution in [0, 0.1) is 17.8 Å². The molecule has 3 aliphatic rings. The van der Waals surface area contributed by atoms with E-state index in [1.807, 2.05) is 12.1 Å². The van der Waals surface area contributed by atoms with Gasteiger partial charge in [-0.15, -0.1) is 0 Å². The second-order valence-electron chi connectivity index (χ2n) is 7.45. The minimum Gasteiger partial charge on any atom is -0.469 e. The third kappa shape index (κ3) is 3.16. The molecule has 1 heterocycles. The molecular weight excluding hydrogens is 274 g/mol. The van der Waals surface area contributed by atoms with Crippen LogP contribution in [0.25, 0.3) is 0 Å². The van der Waals surface area contributed by atoms with E-state index in [1.165, 1.54) is 32.1 Å². The van der Waals surface area contributed by atoms with Gasteiger partial charge in [0.05, 0.1) is 6.26 Å². The maximum Gasteiger partial charge on any atom is 0.191 e. The molecule has 120 valence electrons. The summed E-state index contributed by atoms with van der Waals surface area (Å²) in [4.78, 5) is 4.79. The summed E-state index contributed by atoms with van der Waals surface area (Å²) < 4.78 is 5.39. The van der Waals surface area contributed by atoms with Gasteiger partial charge in [-0.25, -0.2) is 0 Å². The van der Waals surface area contributed by atoms with Crippen molar-refractivity contribution in [3.05, 3.63) is 24.2 Å². The molecule has 0 amide bonds. The Morgan fingerprint density at radius 3 is 2.73 bits per heavy atom. The highest BCUT2D eigenvalue weighted by molar-refractivity contribution is 5.81. The van der Waals surface area contributed by atoms with Crippen LogP contribution in [0.1, 0.15) is 44.8 Å². The Morgan fingerprint density at radius 1 is 1.23 bits per heavy atom. The van der Waals surface area contributed by atoms with Crippen LogP contribution in [0.3, 0.4) is 0 Å². The van der Waals surface area contributed by atoms with Crippen molar-refractivity contribution in [1.29, 1.82) is 0 Å². The lowest BCUT2D eigenvalue weighted by molar-refractivity contribution is 0.387. The van der Waals surface area contributed by atoms with Gasteiger partial charge < -0.3 is 15.1 Å². The van der Waals surface area contributed by atoms with Gasteiger partial charge in [0.15, 0.2) is 5.96 Å². The lowest BCUT2D eigenvalue weighted by atomic mass is 9.95. The van der Waals surface area contributed by atoms with Crippen molar-refractivity contribution in [2.45, 2.75) is 57.5 Å². The minimum atomic E-state index is 0.619. The summed E-state index contributed by atoms with van der Waals surface area (Å²) in [5.74, 6) is 4.67. The molecule has 22 heavy (non-hydrogen) atoms. The molecule has 3 fully saturated rings. The largest absolute Gasteiger partial charge is 0.469 e. The van der Waals surface area contributed by atoms with E-state index in [0.717, 1.165) is 42.4 Å². The first-order valence-electron chi connectivity index (χ1n) is 8.88. The molecule has 0 radical (unpaired) electrons. The summed E-state index contributed by atoms with van der Waals surface area (Å²) in [6, 6.07) is 5.23. The molecule has 0 aromatic carbocycles. The molecule has 1 aromatic heterocycles. The Morgan fingerprint density at radius 2 is 2.09 bits per heavy atom. The molecule has 1 aromatic rings. The molecule has 5 atom stereocenters. The quantitative estimate of drug-likeness (QED) is 0.649. The van der Waals surface area contributed by atoms with Crippen molar-refractivity contribution in [1.82, 2.24) is 10.6 Å². The molecule has 0 spiro atoms. The van der Waals surface area contributed by atoms with E-state index in [9.17, 15) is 0 Å². The first kappa shape index (κ1) is 14.2. The Kier molecular flexibility index (Phi) is 3.85. The number of nitrogens with one attached hydrogen (secondary N) is 2. The second kappa shape index (κ2) is 5.98. The summed E-state index contributed by atoms with van der Waals surface area (Å²) >= 11 is 0. The Hall–Kier alpha value is -1.45. The summed E-state index contributed by atoms with van der Waals surface area (Å²) in [6.45, 7) is 3.08. The molecule has 0 saturated heterocycles. The number of aliphatic imine (C=N–C) groups is 1. The monoisotopic (exact) mass is 301 g/mol. The zero-order valence-electron chi connectivity index (χ0n) is 13.4. The van der Waals surface area contributed by atoms with Gasteiger partial charge in [-0.2, -0.15) is 0 Å². The standard InChI is InChI=1S/C18H27N3O/c1-12-9-16(12)20-18(19-7-6-15-3-2-8-22-15)21-17-11-13-4-5-14(17)10-13/h2-3,8,12-14,16-17H,4-7,9-11H2,1H3,(H2,19,20,21). The Balaban J connectivity index is 1.35. The lowest BCUT2D eigenvalue weighted by Crippen LogP contribution is -2.46. The molecule has 3 saturated carbocycles. The van der Waals surface area contributed by atoms with E-state index in [2.05, 4.69) is 17.6 Å². The van der Waals surface area contributed by atoms with Crippen LogP contribution in [0.4, 0.5) is 0 Å². The van der Waals surface area contributed by atoms with Gasteiger partial charge in [0.25, 0.3) is 0 Å². The molecule has 0 aliphatic heterocycles. The van der Waals surface area contributed by atoms with Crippen LogP contribution in [-0.2, 0) is 6.42 Å². The van der Waals surface area contributed by atoms with Crippen LogP contribution < -0.4 is 10.6 Å². The number of nitrogens with zero attached hydrogens (tertiary/aromatic N) is 1. The predicted molar refractivity (Wildman–Crippen MR) is 87.8 cm³/mol. The molecule has 4 rings (SSSR count). The second-order valence-corrected chi connectivity index (χ2v) is 7.45. The SMILES string of the molecule is CC1CC1NC(=NCCc1ccco1)NC1CC2CCC1C2. The van der Waals surface area contributed by atoms with E-state index in [-0.39, 0.29) is 0 Å². The van der Waals surface area contributed by atoms with Crippen molar-refractivity contribution in [3.63, 3.8) is 0 Å². The molecule has 3 aliphatic carbocycles. The van der Waals surface area contributed by atoms with Crippen molar-refractivity contribution in [2.75, 3.05) is 6.54 Å². The average molecular weight is 301 g/mol. The topological polar surface area (TPSA) is 49.6 Å². The summed E-state index contributed by atoms with van der Waals surface area (Å²) in [5.41, 5.74) is 0. The maximum atomic E-state index is 5.39. The lowest BCUT2D eigenvalue weighted by Gasteiger charge is -2.25. The van der Waals surface area contributed by atoms with Gasteiger partial charge in [0, 0.05) is 25.0 Å². The Labute approximate surface area is 132 Å².